The molecule has 2 heterocycles. The minimum Gasteiger partial charge on any atom is -0.354 e. The van der Waals surface area contributed by atoms with Crippen LogP contribution in [0.3, 0.4) is 0 Å². The molecule has 0 aliphatic carbocycles. The number of rotatable bonds is 0. The number of hydrogen-bond donors (Lipinski definition) is 1. The lowest BCUT2D eigenvalue weighted by atomic mass is 10.00. The van der Waals surface area contributed by atoms with E-state index in [1.165, 1.54) is 52.8 Å². The number of aromatic nitrogens is 1. The maximum absolute atomic E-state index is 3.67. The molecule has 24 heavy (non-hydrogen) atoms. The van der Waals surface area contributed by atoms with Crippen molar-refractivity contribution in [3.8, 4) is 0 Å². The van der Waals surface area contributed by atoms with Gasteiger partial charge in [0.2, 0.25) is 0 Å². The van der Waals surface area contributed by atoms with Gasteiger partial charge in [0.15, 0.2) is 0 Å². The second-order valence-electron chi connectivity index (χ2n) is 6.27. The SMILES string of the molecule is [HH].c1ccc2c(c1)[nH]c1c3ccccc3c3sc4ccccc4c3c21. The molecule has 2 heteroatoms. The lowest BCUT2D eigenvalue weighted by Gasteiger charge is -2.03. The summed E-state index contributed by atoms with van der Waals surface area (Å²) in [6.45, 7) is 0. The topological polar surface area (TPSA) is 15.8 Å². The number of nitrogens with one attached hydrogen (secondary N) is 1. The van der Waals surface area contributed by atoms with Gasteiger partial charge >= 0.3 is 0 Å². The van der Waals surface area contributed by atoms with Gasteiger partial charge in [-0.2, -0.15) is 0 Å². The molecule has 1 nitrogen and oxygen atoms in total. The minimum atomic E-state index is 0. The summed E-state index contributed by atoms with van der Waals surface area (Å²) in [5.74, 6) is 0. The van der Waals surface area contributed by atoms with E-state index >= 15 is 0 Å². The summed E-state index contributed by atoms with van der Waals surface area (Å²) in [5, 5.41) is 8.07. The van der Waals surface area contributed by atoms with Crippen LogP contribution in [-0.2, 0) is 0 Å². The quantitative estimate of drug-likeness (QED) is 0.307. The molecule has 114 valence electrons. The van der Waals surface area contributed by atoms with E-state index in [2.05, 4.69) is 77.8 Å². The molecule has 6 rings (SSSR count). The fourth-order valence-corrected chi connectivity index (χ4v) is 5.23. The highest BCUT2D eigenvalue weighted by atomic mass is 32.1. The number of H-pyrrole nitrogens is 1. The number of fused-ring (bicyclic) bond motifs is 10. The number of para-hydroxylation sites is 1. The van der Waals surface area contributed by atoms with Gasteiger partial charge in [-0.25, -0.2) is 0 Å². The number of benzene rings is 4. The number of thiophene rings is 1. The zero-order valence-corrected chi connectivity index (χ0v) is 13.7. The Kier molecular flexibility index (Phi) is 2.29. The Morgan fingerprint density at radius 2 is 1.29 bits per heavy atom. The molecule has 0 spiro atoms. The van der Waals surface area contributed by atoms with Crippen molar-refractivity contribution in [2.75, 3.05) is 0 Å². The molecule has 0 aliphatic rings. The second kappa shape index (κ2) is 4.37. The van der Waals surface area contributed by atoms with Gasteiger partial charge in [0.05, 0.1) is 5.52 Å². The highest BCUT2D eigenvalue weighted by Crippen LogP contribution is 2.45. The average Bonchev–Trinajstić information content (AvgIpc) is 3.20. The Morgan fingerprint density at radius 1 is 0.625 bits per heavy atom. The van der Waals surface area contributed by atoms with E-state index in [0.29, 0.717) is 0 Å². The predicted molar refractivity (Wildman–Crippen MR) is 108 cm³/mol. The molecule has 2 aromatic heterocycles. The summed E-state index contributed by atoms with van der Waals surface area (Å²) in [6, 6.07) is 26.1. The van der Waals surface area contributed by atoms with Crippen molar-refractivity contribution >= 4 is 64.1 Å². The Bertz CT molecular complexity index is 1300. The van der Waals surface area contributed by atoms with Gasteiger partial charge in [-0.3, -0.25) is 0 Å². The normalized spacial score (nSPS) is 12.2. The van der Waals surface area contributed by atoms with Crippen LogP contribution < -0.4 is 0 Å². The highest BCUT2D eigenvalue weighted by molar-refractivity contribution is 7.27. The molecule has 0 atom stereocenters. The molecule has 4 aromatic carbocycles. The van der Waals surface area contributed by atoms with Gasteiger partial charge in [-0.05, 0) is 12.1 Å². The molecular formula is C22H15NS. The van der Waals surface area contributed by atoms with E-state index < -0.39 is 0 Å². The summed E-state index contributed by atoms with van der Waals surface area (Å²) < 4.78 is 2.75. The second-order valence-corrected chi connectivity index (χ2v) is 7.32. The molecule has 0 bridgehead atoms. The van der Waals surface area contributed by atoms with Gasteiger partial charge in [0.25, 0.3) is 0 Å². The zero-order valence-electron chi connectivity index (χ0n) is 12.8. The number of aromatic amines is 1. The van der Waals surface area contributed by atoms with Crippen molar-refractivity contribution in [3.05, 3.63) is 72.8 Å². The monoisotopic (exact) mass is 325 g/mol. The third kappa shape index (κ3) is 1.44. The van der Waals surface area contributed by atoms with Gasteiger partial charge in [0.1, 0.15) is 0 Å². The summed E-state index contributed by atoms with van der Waals surface area (Å²) in [5.41, 5.74) is 2.46. The Morgan fingerprint density at radius 3 is 2.17 bits per heavy atom. The van der Waals surface area contributed by atoms with E-state index in [1.807, 2.05) is 11.3 Å². The predicted octanol–water partition coefficient (Wildman–Crippen LogP) is 7.09. The van der Waals surface area contributed by atoms with Crippen LogP contribution in [0.1, 0.15) is 1.43 Å². The fourth-order valence-electron chi connectivity index (χ4n) is 3.99. The van der Waals surface area contributed by atoms with E-state index in [-0.39, 0.29) is 1.43 Å². The summed E-state index contributed by atoms with van der Waals surface area (Å²) in [7, 11) is 0. The van der Waals surface area contributed by atoms with Gasteiger partial charge < -0.3 is 4.98 Å². The van der Waals surface area contributed by atoms with Crippen molar-refractivity contribution in [1.29, 1.82) is 0 Å². The molecule has 0 amide bonds. The first-order chi connectivity index (χ1) is 11.9. The Balaban J connectivity index is 0.00000140. The van der Waals surface area contributed by atoms with Crippen LogP contribution in [0.25, 0.3) is 52.8 Å². The van der Waals surface area contributed by atoms with Crippen molar-refractivity contribution in [3.63, 3.8) is 0 Å². The van der Waals surface area contributed by atoms with Crippen molar-refractivity contribution < 1.29 is 1.43 Å². The Labute approximate surface area is 143 Å². The summed E-state index contributed by atoms with van der Waals surface area (Å²) in [6.07, 6.45) is 0. The van der Waals surface area contributed by atoms with E-state index in [0.717, 1.165) is 0 Å². The third-order valence-corrected chi connectivity index (χ3v) is 6.20. The van der Waals surface area contributed by atoms with Crippen LogP contribution >= 0.6 is 11.3 Å². The maximum atomic E-state index is 3.67. The zero-order chi connectivity index (χ0) is 15.7. The first-order valence-corrected chi connectivity index (χ1v) is 8.96. The van der Waals surface area contributed by atoms with Crippen molar-refractivity contribution in [1.82, 2.24) is 4.98 Å². The number of hydrogen-bond acceptors (Lipinski definition) is 1. The molecule has 0 saturated carbocycles. The smallest absolute Gasteiger partial charge is 0.0551 e. The lowest BCUT2D eigenvalue weighted by Crippen LogP contribution is -1.77. The first-order valence-electron chi connectivity index (χ1n) is 8.14. The van der Waals surface area contributed by atoms with Crippen LogP contribution in [0.2, 0.25) is 0 Å². The largest absolute Gasteiger partial charge is 0.354 e. The van der Waals surface area contributed by atoms with Crippen LogP contribution in [0.15, 0.2) is 72.8 Å². The maximum Gasteiger partial charge on any atom is 0.0551 e. The first kappa shape index (κ1) is 12.6. The standard InChI is InChI=1S/C22H13NS.H2/c1-2-8-14-13(7-1)21-19(15-9-3-5-11-17(15)23-21)20-16-10-4-6-12-18(16)24-22(14)20;/h1-12,23H;1H. The highest BCUT2D eigenvalue weighted by Gasteiger charge is 2.17. The minimum absolute atomic E-state index is 0. The Hall–Kier alpha value is -2.84. The molecule has 0 saturated heterocycles. The van der Waals surface area contributed by atoms with Crippen LogP contribution in [0, 0.1) is 0 Å². The van der Waals surface area contributed by atoms with Gasteiger partial charge in [-0.15, -0.1) is 11.3 Å². The van der Waals surface area contributed by atoms with Crippen LogP contribution in [-0.4, -0.2) is 4.98 Å². The molecule has 0 radical (unpaired) electrons. The average molecular weight is 325 g/mol. The van der Waals surface area contributed by atoms with E-state index in [9.17, 15) is 0 Å². The fraction of sp³-hybridized carbons (Fsp3) is 0. The summed E-state index contributed by atoms with van der Waals surface area (Å²) in [4.78, 5) is 3.67. The van der Waals surface area contributed by atoms with Crippen molar-refractivity contribution in [2.24, 2.45) is 0 Å². The molecule has 0 fully saturated rings. The van der Waals surface area contributed by atoms with E-state index in [4.69, 9.17) is 0 Å². The molecule has 6 aromatic rings. The molecular weight excluding hydrogens is 310 g/mol. The van der Waals surface area contributed by atoms with Gasteiger partial charge in [-0.1, -0.05) is 60.7 Å². The third-order valence-electron chi connectivity index (χ3n) is 4.99. The summed E-state index contributed by atoms with van der Waals surface area (Å²) >= 11 is 1.90. The lowest BCUT2D eigenvalue weighted by molar-refractivity contribution is 1.57. The van der Waals surface area contributed by atoms with Gasteiger partial charge in [0, 0.05) is 48.7 Å². The molecule has 0 aliphatic heterocycles. The van der Waals surface area contributed by atoms with Crippen LogP contribution in [0.4, 0.5) is 0 Å². The van der Waals surface area contributed by atoms with Crippen LogP contribution in [0.5, 0.6) is 0 Å². The van der Waals surface area contributed by atoms with Crippen molar-refractivity contribution in [2.45, 2.75) is 0 Å². The van der Waals surface area contributed by atoms with E-state index in [1.54, 1.807) is 0 Å². The molecule has 1 N–H and O–H groups in total. The molecule has 0 unspecified atom stereocenters.